The lowest BCUT2D eigenvalue weighted by Gasteiger charge is -2.03. The minimum absolute atomic E-state index is 0.0312. The lowest BCUT2D eigenvalue weighted by molar-refractivity contribution is 0.0593. The van der Waals surface area contributed by atoms with Crippen LogP contribution >= 0.6 is 0 Å². The van der Waals surface area contributed by atoms with Gasteiger partial charge in [0.1, 0.15) is 5.69 Å². The monoisotopic (exact) mass is 298 g/mol. The molecule has 0 aliphatic heterocycles. The highest BCUT2D eigenvalue weighted by atomic mass is 32.2. The summed E-state index contributed by atoms with van der Waals surface area (Å²) in [5, 5.41) is 2.52. The quantitative estimate of drug-likeness (QED) is 0.617. The van der Waals surface area contributed by atoms with E-state index in [0.717, 1.165) is 22.9 Å². The van der Waals surface area contributed by atoms with Crippen molar-refractivity contribution in [2.24, 2.45) is 0 Å². The van der Waals surface area contributed by atoms with Crippen LogP contribution in [0.25, 0.3) is 5.69 Å². The first kappa shape index (κ1) is 14.0. The lowest BCUT2D eigenvalue weighted by Crippen LogP contribution is -2.13. The van der Waals surface area contributed by atoms with E-state index < -0.39 is 21.6 Å². The van der Waals surface area contributed by atoms with Crippen LogP contribution in [0.2, 0.25) is 0 Å². The van der Waals surface area contributed by atoms with Gasteiger partial charge in [-0.25, -0.2) is 9.48 Å². The Morgan fingerprint density at radius 1 is 1.30 bits per heavy atom. The molecule has 0 radical (unpaired) electrons. The molecule has 0 bridgehead atoms. The number of aromatic nitrogens is 2. The Morgan fingerprint density at radius 3 is 2.40 bits per heavy atom. The fourth-order valence-electron chi connectivity index (χ4n) is 1.57. The van der Waals surface area contributed by atoms with Crippen LogP contribution in [0.3, 0.4) is 0 Å². The number of carbonyl (C=O) groups is 1. The van der Waals surface area contributed by atoms with E-state index >= 15 is 0 Å². The summed E-state index contributed by atoms with van der Waals surface area (Å²) in [6.45, 7) is 0. The number of H-pyrrole nitrogens is 1. The largest absolute Gasteiger partial charge is 0.464 e. The van der Waals surface area contributed by atoms with E-state index in [1.54, 1.807) is 0 Å². The van der Waals surface area contributed by atoms with Crippen LogP contribution in [0, 0.1) is 0 Å². The first-order chi connectivity index (χ1) is 9.32. The van der Waals surface area contributed by atoms with Crippen molar-refractivity contribution < 1.29 is 22.5 Å². The van der Waals surface area contributed by atoms with Crippen LogP contribution in [-0.2, 0) is 14.9 Å². The minimum atomic E-state index is -4.30. The summed E-state index contributed by atoms with van der Waals surface area (Å²) in [5.41, 5.74) is -0.237. The van der Waals surface area contributed by atoms with Crippen LogP contribution < -0.4 is 5.56 Å². The average molecular weight is 298 g/mol. The maximum Gasteiger partial charge on any atom is 0.356 e. The van der Waals surface area contributed by atoms with Crippen LogP contribution in [0.1, 0.15) is 10.5 Å². The van der Waals surface area contributed by atoms with Gasteiger partial charge in [0, 0.05) is 6.07 Å². The predicted molar refractivity (Wildman–Crippen MR) is 67.5 cm³/mol. The second-order valence-corrected chi connectivity index (χ2v) is 5.23. The molecule has 0 amide bonds. The molecule has 0 unspecified atom stereocenters. The topological polar surface area (TPSA) is 118 Å². The second kappa shape index (κ2) is 4.94. The Bertz CT molecular complexity index is 800. The number of methoxy groups -OCH3 is 1. The molecule has 0 saturated carbocycles. The van der Waals surface area contributed by atoms with Crippen LogP contribution in [-0.4, -0.2) is 35.8 Å². The molecule has 1 aromatic heterocycles. The summed E-state index contributed by atoms with van der Waals surface area (Å²) in [4.78, 5) is 22.7. The van der Waals surface area contributed by atoms with E-state index in [4.69, 9.17) is 4.55 Å². The molecule has 0 spiro atoms. The molecule has 1 aromatic carbocycles. The molecule has 0 fully saturated rings. The number of aromatic amines is 1. The number of hydrogen-bond donors (Lipinski definition) is 2. The van der Waals surface area contributed by atoms with Crippen LogP contribution in [0.15, 0.2) is 40.0 Å². The average Bonchev–Trinajstić information content (AvgIpc) is 2.79. The highest BCUT2D eigenvalue weighted by Gasteiger charge is 2.13. The third-order valence-electron chi connectivity index (χ3n) is 2.52. The number of esters is 1. The maximum absolute atomic E-state index is 11.7. The van der Waals surface area contributed by atoms with Crippen molar-refractivity contribution in [1.29, 1.82) is 0 Å². The number of nitrogens with one attached hydrogen (secondary N) is 1. The number of nitrogens with zero attached hydrogens (tertiary/aromatic N) is 1. The van der Waals surface area contributed by atoms with E-state index in [2.05, 4.69) is 9.84 Å². The molecule has 0 saturated heterocycles. The zero-order chi connectivity index (χ0) is 14.9. The van der Waals surface area contributed by atoms with Crippen molar-refractivity contribution >= 4 is 16.1 Å². The van der Waals surface area contributed by atoms with E-state index in [-0.39, 0.29) is 10.6 Å². The number of ether oxygens (including phenoxy) is 1. The number of benzene rings is 1. The van der Waals surface area contributed by atoms with Gasteiger partial charge in [0.2, 0.25) is 0 Å². The van der Waals surface area contributed by atoms with E-state index in [9.17, 15) is 18.0 Å². The van der Waals surface area contributed by atoms with E-state index in [1.807, 2.05) is 0 Å². The van der Waals surface area contributed by atoms with Crippen molar-refractivity contribution in [1.82, 2.24) is 9.78 Å². The number of rotatable bonds is 3. The summed E-state index contributed by atoms with van der Waals surface area (Å²) in [6.07, 6.45) is 0. The third kappa shape index (κ3) is 2.63. The number of hydrogen-bond acceptors (Lipinski definition) is 5. The van der Waals surface area contributed by atoms with Gasteiger partial charge in [0.25, 0.3) is 15.7 Å². The normalized spacial score (nSPS) is 11.3. The zero-order valence-corrected chi connectivity index (χ0v) is 11.0. The Hall–Kier alpha value is -2.39. The van der Waals surface area contributed by atoms with Crippen molar-refractivity contribution in [2.75, 3.05) is 7.11 Å². The van der Waals surface area contributed by atoms with Gasteiger partial charge in [-0.3, -0.25) is 14.4 Å². The van der Waals surface area contributed by atoms with Crippen LogP contribution in [0.4, 0.5) is 0 Å². The standard InChI is InChI=1S/C11H10N2O6S/c1-19-11(15)9-6-10(14)13(12-9)7-2-4-8(5-3-7)20(16,17)18/h2-6,12H,1H3,(H,16,17,18). The van der Waals surface area contributed by atoms with Gasteiger partial charge in [-0.2, -0.15) is 8.42 Å². The Balaban J connectivity index is 2.45. The molecule has 106 valence electrons. The number of carbonyl (C=O) groups excluding carboxylic acids is 1. The van der Waals surface area contributed by atoms with Gasteiger partial charge >= 0.3 is 5.97 Å². The molecule has 0 atom stereocenters. The third-order valence-corrected chi connectivity index (χ3v) is 3.39. The first-order valence-corrected chi connectivity index (χ1v) is 6.75. The SMILES string of the molecule is COC(=O)c1cc(=O)n(-c2ccc(S(=O)(=O)O)cc2)[nH]1. The molecule has 2 aromatic rings. The molecular formula is C11H10N2O6S. The van der Waals surface area contributed by atoms with Gasteiger partial charge in [-0.05, 0) is 24.3 Å². The Kier molecular flexibility index (Phi) is 3.47. The van der Waals surface area contributed by atoms with Crippen molar-refractivity contribution in [3.63, 3.8) is 0 Å². The molecule has 2 N–H and O–H groups in total. The first-order valence-electron chi connectivity index (χ1n) is 5.31. The minimum Gasteiger partial charge on any atom is -0.464 e. The fraction of sp³-hybridized carbons (Fsp3) is 0.0909. The van der Waals surface area contributed by atoms with E-state index in [0.29, 0.717) is 5.69 Å². The van der Waals surface area contributed by atoms with Gasteiger partial charge in [-0.15, -0.1) is 0 Å². The van der Waals surface area contributed by atoms with Gasteiger partial charge in [-0.1, -0.05) is 0 Å². The van der Waals surface area contributed by atoms with Gasteiger partial charge in [0.15, 0.2) is 0 Å². The van der Waals surface area contributed by atoms with Crippen molar-refractivity contribution in [2.45, 2.75) is 4.90 Å². The highest BCUT2D eigenvalue weighted by molar-refractivity contribution is 7.85. The summed E-state index contributed by atoms with van der Waals surface area (Å²) in [5.74, 6) is -0.699. The smallest absolute Gasteiger partial charge is 0.356 e. The van der Waals surface area contributed by atoms with E-state index in [1.165, 1.54) is 19.2 Å². The lowest BCUT2D eigenvalue weighted by atomic mass is 10.3. The molecule has 0 aliphatic carbocycles. The summed E-state index contributed by atoms with van der Waals surface area (Å²) < 4.78 is 36.2. The maximum atomic E-state index is 11.7. The van der Waals surface area contributed by atoms with Gasteiger partial charge < -0.3 is 4.74 Å². The summed E-state index contributed by atoms with van der Waals surface area (Å²) >= 11 is 0. The zero-order valence-electron chi connectivity index (χ0n) is 10.2. The molecule has 8 nitrogen and oxygen atoms in total. The molecular weight excluding hydrogens is 288 g/mol. The molecule has 2 rings (SSSR count). The highest BCUT2D eigenvalue weighted by Crippen LogP contribution is 2.12. The van der Waals surface area contributed by atoms with Crippen molar-refractivity contribution in [3.8, 4) is 5.69 Å². The molecule has 9 heteroatoms. The summed E-state index contributed by atoms with van der Waals surface area (Å²) in [7, 11) is -3.12. The fourth-order valence-corrected chi connectivity index (χ4v) is 2.05. The predicted octanol–water partition coefficient (Wildman–Crippen LogP) is 0.199. The van der Waals surface area contributed by atoms with Gasteiger partial charge in [0.05, 0.1) is 17.7 Å². The van der Waals surface area contributed by atoms with Crippen molar-refractivity contribution in [3.05, 3.63) is 46.4 Å². The summed E-state index contributed by atoms with van der Waals surface area (Å²) in [6, 6.07) is 5.94. The molecule has 1 heterocycles. The van der Waals surface area contributed by atoms with Crippen LogP contribution in [0.5, 0.6) is 0 Å². The molecule has 20 heavy (non-hydrogen) atoms. The Morgan fingerprint density at radius 2 is 1.90 bits per heavy atom. The molecule has 0 aliphatic rings. The Labute approximate surface area is 113 Å². The second-order valence-electron chi connectivity index (χ2n) is 3.80.